The number of quaternary nitrogens is 1. The highest BCUT2D eigenvalue weighted by Crippen LogP contribution is 2.39. The second-order valence-corrected chi connectivity index (χ2v) is 17.1. The second kappa shape index (κ2) is 3.98. The second-order valence-electron chi connectivity index (χ2n) is 7.12. The maximum Gasteiger partial charge on any atom is 0.307 e. The standard InChI is InChI=1S/C11H29NOSi2/c1-11(2,3)15(9,10)13-12(4,5)14(6,7)8/h4H2,1-3,5-10H3/q+1. The first-order chi connectivity index (χ1) is 6.21. The van der Waals surface area contributed by atoms with Crippen molar-refractivity contribution in [2.45, 2.75) is 58.5 Å². The fourth-order valence-electron chi connectivity index (χ4n) is 0.778. The van der Waals surface area contributed by atoms with Gasteiger partial charge in [-0.15, -0.1) is 0 Å². The summed E-state index contributed by atoms with van der Waals surface area (Å²) in [5.41, 5.74) is 0. The lowest BCUT2D eigenvalue weighted by Crippen LogP contribution is -2.62. The van der Waals surface area contributed by atoms with Crippen LogP contribution in [0.4, 0.5) is 0 Å². The molecule has 0 aliphatic rings. The minimum absolute atomic E-state index is 0.254. The van der Waals surface area contributed by atoms with Gasteiger partial charge >= 0.3 is 8.24 Å². The van der Waals surface area contributed by atoms with Crippen LogP contribution in [-0.2, 0) is 4.53 Å². The van der Waals surface area contributed by atoms with Crippen molar-refractivity contribution in [2.75, 3.05) is 7.05 Å². The highest BCUT2D eigenvalue weighted by molar-refractivity contribution is 6.75. The summed E-state index contributed by atoms with van der Waals surface area (Å²) < 4.78 is 6.90. The van der Waals surface area contributed by atoms with E-state index in [1.165, 1.54) is 0 Å². The minimum atomic E-state index is -1.71. The Hall–Kier alpha value is 0.354. The molecule has 0 aliphatic heterocycles. The zero-order valence-corrected chi connectivity index (χ0v) is 14.1. The van der Waals surface area contributed by atoms with Gasteiger partial charge in [0.25, 0.3) is 8.32 Å². The summed E-state index contributed by atoms with van der Waals surface area (Å²) in [5, 5.41) is 0.254. The Labute approximate surface area is 98.4 Å². The molecule has 0 aromatic rings. The number of hydroxylamine groups is 2. The number of hydrogen-bond donors (Lipinski definition) is 0. The molecule has 0 saturated carbocycles. The molecular formula is C11H29NOSi2+. The summed E-state index contributed by atoms with van der Waals surface area (Å²) in [7, 11) is 3.22. The number of nitrogens with zero attached hydrogens (tertiary/aromatic N) is 1. The van der Waals surface area contributed by atoms with Crippen LogP contribution in [-0.4, -0.2) is 27.9 Å². The zero-order valence-electron chi connectivity index (χ0n) is 12.1. The Kier molecular flexibility index (Phi) is 4.08. The maximum atomic E-state index is 6.38. The number of hydrogen-bond acceptors (Lipinski definition) is 1. The molecule has 15 heavy (non-hydrogen) atoms. The van der Waals surface area contributed by atoms with Crippen molar-refractivity contribution in [3.05, 3.63) is 7.05 Å². The highest BCUT2D eigenvalue weighted by Gasteiger charge is 2.48. The third kappa shape index (κ3) is 3.69. The Morgan fingerprint density at radius 2 is 1.33 bits per heavy atom. The van der Waals surface area contributed by atoms with Crippen LogP contribution in [0.5, 0.6) is 0 Å². The molecule has 0 aromatic heterocycles. The van der Waals surface area contributed by atoms with E-state index >= 15 is 0 Å². The van der Waals surface area contributed by atoms with Gasteiger partial charge in [-0.1, -0.05) is 20.8 Å². The molecule has 0 fully saturated rings. The van der Waals surface area contributed by atoms with Crippen LogP contribution in [0.15, 0.2) is 0 Å². The third-order valence-electron chi connectivity index (χ3n) is 3.65. The van der Waals surface area contributed by atoms with Gasteiger partial charge in [0.15, 0.2) is 0 Å². The third-order valence-corrected chi connectivity index (χ3v) is 11.2. The summed E-state index contributed by atoms with van der Waals surface area (Å²) >= 11 is 0. The van der Waals surface area contributed by atoms with Crippen molar-refractivity contribution in [2.24, 2.45) is 0 Å². The van der Waals surface area contributed by atoms with Gasteiger partial charge in [0.05, 0.1) is 7.05 Å². The van der Waals surface area contributed by atoms with Gasteiger partial charge in [-0.3, -0.25) is 4.53 Å². The van der Waals surface area contributed by atoms with E-state index in [9.17, 15) is 0 Å². The molecule has 0 heterocycles. The van der Waals surface area contributed by atoms with E-state index in [0.29, 0.717) is 4.31 Å². The maximum absolute atomic E-state index is 6.38. The molecule has 0 saturated heterocycles. The number of rotatable bonds is 3. The summed E-state index contributed by atoms with van der Waals surface area (Å²) in [5.74, 6) is 0. The van der Waals surface area contributed by atoms with Crippen molar-refractivity contribution in [1.82, 2.24) is 0 Å². The normalized spacial score (nSPS) is 15.6. The largest absolute Gasteiger partial charge is 0.307 e. The molecule has 0 bridgehead atoms. The Morgan fingerprint density at radius 3 is 1.53 bits per heavy atom. The molecule has 1 atom stereocenters. The van der Waals surface area contributed by atoms with Crippen LogP contribution >= 0.6 is 0 Å². The molecule has 0 aromatic carbocycles. The lowest BCUT2D eigenvalue weighted by atomic mass is 10.2. The first kappa shape index (κ1) is 15.4. The van der Waals surface area contributed by atoms with Gasteiger partial charge < -0.3 is 0 Å². The Balaban J connectivity index is 4.89. The van der Waals surface area contributed by atoms with Crippen molar-refractivity contribution < 1.29 is 8.84 Å². The fourth-order valence-corrected chi connectivity index (χ4v) is 3.84. The van der Waals surface area contributed by atoms with E-state index in [0.717, 1.165) is 0 Å². The Morgan fingerprint density at radius 1 is 1.00 bits per heavy atom. The van der Waals surface area contributed by atoms with Gasteiger partial charge in [0, 0.05) is 0 Å². The molecule has 0 aliphatic carbocycles. The van der Waals surface area contributed by atoms with E-state index in [-0.39, 0.29) is 5.04 Å². The van der Waals surface area contributed by atoms with Crippen molar-refractivity contribution >= 4 is 16.6 Å². The molecule has 0 spiro atoms. The van der Waals surface area contributed by atoms with Crippen LogP contribution in [0.1, 0.15) is 20.8 Å². The fraction of sp³-hybridized carbons (Fsp3) is 0.909. The highest BCUT2D eigenvalue weighted by atomic mass is 28.4. The van der Waals surface area contributed by atoms with E-state index in [4.69, 9.17) is 4.53 Å². The lowest BCUT2D eigenvalue weighted by molar-refractivity contribution is -0.953. The van der Waals surface area contributed by atoms with Crippen LogP contribution in [0, 0.1) is 7.05 Å². The first-order valence-electron chi connectivity index (χ1n) is 5.62. The molecule has 0 amide bonds. The summed E-state index contributed by atoms with van der Waals surface area (Å²) in [4.78, 5) is 0. The van der Waals surface area contributed by atoms with E-state index in [1.54, 1.807) is 0 Å². The zero-order chi connectivity index (χ0) is 12.7. The summed E-state index contributed by atoms with van der Waals surface area (Å²) in [6, 6.07) is 0. The molecule has 1 unspecified atom stereocenters. The molecule has 1 radical (unpaired) electrons. The predicted molar refractivity (Wildman–Crippen MR) is 73.2 cm³/mol. The molecule has 0 rings (SSSR count). The van der Waals surface area contributed by atoms with Gasteiger partial charge in [0.2, 0.25) is 0 Å². The topological polar surface area (TPSA) is 9.23 Å². The van der Waals surface area contributed by atoms with Gasteiger partial charge in [-0.25, -0.2) is 4.31 Å². The van der Waals surface area contributed by atoms with Crippen molar-refractivity contribution in [1.29, 1.82) is 0 Å². The Bertz CT molecular complexity index is 200. The predicted octanol–water partition coefficient (Wildman–Crippen LogP) is 4.00. The average molecular weight is 248 g/mol. The molecule has 2 nitrogen and oxygen atoms in total. The smallest absolute Gasteiger partial charge is 0.275 e. The molecule has 0 N–H and O–H groups in total. The minimum Gasteiger partial charge on any atom is -0.275 e. The first-order valence-corrected chi connectivity index (χ1v) is 12.0. The molecule has 4 heteroatoms. The van der Waals surface area contributed by atoms with Gasteiger partial charge in [0.1, 0.15) is 7.05 Å². The summed E-state index contributed by atoms with van der Waals surface area (Å²) in [6.07, 6.45) is 0. The van der Waals surface area contributed by atoms with Crippen LogP contribution in [0.3, 0.4) is 0 Å². The lowest BCUT2D eigenvalue weighted by Gasteiger charge is -2.46. The van der Waals surface area contributed by atoms with Crippen molar-refractivity contribution in [3.63, 3.8) is 0 Å². The monoisotopic (exact) mass is 247 g/mol. The van der Waals surface area contributed by atoms with E-state index in [1.807, 2.05) is 0 Å². The average Bonchev–Trinajstić information content (AvgIpc) is 1.77. The van der Waals surface area contributed by atoms with Crippen LogP contribution in [0.2, 0.25) is 37.8 Å². The van der Waals surface area contributed by atoms with Crippen molar-refractivity contribution in [3.8, 4) is 0 Å². The van der Waals surface area contributed by atoms with E-state index in [2.05, 4.69) is 67.6 Å². The van der Waals surface area contributed by atoms with Gasteiger partial charge in [-0.05, 0) is 37.8 Å². The van der Waals surface area contributed by atoms with Crippen LogP contribution in [0.25, 0.3) is 0 Å². The van der Waals surface area contributed by atoms with E-state index < -0.39 is 16.6 Å². The molecule has 91 valence electrons. The summed E-state index contributed by atoms with van der Waals surface area (Å²) in [6.45, 7) is 18.3. The SMILES string of the molecule is [CH2][N+](C)(O[Si](C)(C)C(C)(C)C)[Si](C)(C)C. The van der Waals surface area contributed by atoms with Crippen LogP contribution < -0.4 is 0 Å². The molecular weight excluding hydrogens is 218 g/mol. The van der Waals surface area contributed by atoms with Gasteiger partial charge in [-0.2, -0.15) is 0 Å². The quantitative estimate of drug-likeness (QED) is 0.541.